The molecule has 12 heteroatoms. The predicted molar refractivity (Wildman–Crippen MR) is 105 cm³/mol. The van der Waals surface area contributed by atoms with Gasteiger partial charge in [-0.3, -0.25) is 14.5 Å². The maximum Gasteiger partial charge on any atom is 1.00 e. The van der Waals surface area contributed by atoms with Crippen molar-refractivity contribution in [2.75, 3.05) is 33.3 Å². The first-order valence-electron chi connectivity index (χ1n) is 10.7. The van der Waals surface area contributed by atoms with Crippen molar-refractivity contribution >= 4 is 27.7 Å². The van der Waals surface area contributed by atoms with Crippen LogP contribution in [-0.2, 0) is 24.2 Å². The van der Waals surface area contributed by atoms with E-state index < -0.39 is 44.0 Å². The molecule has 3 heterocycles. The normalized spacial score (nSPS) is 34.3. The van der Waals surface area contributed by atoms with Crippen LogP contribution in [0.2, 0.25) is 0 Å². The summed E-state index contributed by atoms with van der Waals surface area (Å²) in [6, 6.07) is 0. The molecule has 2 spiro atoms. The second kappa shape index (κ2) is 7.69. The Balaban J connectivity index is 0.00000245. The van der Waals surface area contributed by atoms with Crippen molar-refractivity contribution in [2.24, 2.45) is 5.41 Å². The summed E-state index contributed by atoms with van der Waals surface area (Å²) in [6.45, 7) is 2.24. The molecule has 2 saturated heterocycles. The Morgan fingerprint density at radius 2 is 1.66 bits per heavy atom. The second-order valence-corrected chi connectivity index (χ2v) is 11.6. The Kier molecular flexibility index (Phi) is 5.77. The largest absolute Gasteiger partial charge is 1.00 e. The van der Waals surface area contributed by atoms with Crippen LogP contribution in [0.5, 0.6) is 0 Å². The molecule has 10 nitrogen and oxygen atoms in total. The molecule has 0 bridgehead atoms. The zero-order chi connectivity index (χ0) is 22.3. The fourth-order valence-electron chi connectivity index (χ4n) is 6.49. The number of carboxylic acid groups (broad SMARTS) is 1. The van der Waals surface area contributed by atoms with Crippen molar-refractivity contribution in [3.8, 4) is 0 Å². The van der Waals surface area contributed by atoms with Crippen molar-refractivity contribution in [2.45, 2.75) is 55.3 Å². The average Bonchev–Trinajstić information content (AvgIpc) is 3.16. The SMILES string of the molecule is CO[C@H]1C(=O)N2C(C(=O)N3CCN(C(=O)[O-])CC3)=C(C)C3(CC34CCCC4)S(=O)(=O)[C@H]12.[Na+]. The molecule has 4 fully saturated rings. The minimum Gasteiger partial charge on any atom is -0.530 e. The van der Waals surface area contributed by atoms with Gasteiger partial charge < -0.3 is 24.4 Å². The van der Waals surface area contributed by atoms with Crippen LogP contribution >= 0.6 is 0 Å². The number of sulfone groups is 1. The van der Waals surface area contributed by atoms with Crippen molar-refractivity contribution in [3.63, 3.8) is 0 Å². The molecule has 1 unspecified atom stereocenters. The van der Waals surface area contributed by atoms with E-state index in [4.69, 9.17) is 4.74 Å². The summed E-state index contributed by atoms with van der Waals surface area (Å²) >= 11 is 0. The van der Waals surface area contributed by atoms with Gasteiger partial charge in [0.15, 0.2) is 21.3 Å². The number of ether oxygens (including phenoxy) is 1. The van der Waals surface area contributed by atoms with E-state index in [1.165, 1.54) is 12.0 Å². The van der Waals surface area contributed by atoms with Gasteiger partial charge in [-0.25, -0.2) is 8.42 Å². The molecule has 2 aliphatic carbocycles. The molecule has 3 atom stereocenters. The molecule has 0 aromatic heterocycles. The molecule has 2 saturated carbocycles. The monoisotopic (exact) mass is 475 g/mol. The van der Waals surface area contributed by atoms with E-state index in [1.54, 1.807) is 6.92 Å². The maximum absolute atomic E-state index is 13.8. The molecule has 3 amide bonds. The van der Waals surface area contributed by atoms with Crippen molar-refractivity contribution < 1.29 is 62.2 Å². The molecule has 0 aromatic carbocycles. The first-order valence-corrected chi connectivity index (χ1v) is 12.2. The van der Waals surface area contributed by atoms with Crippen molar-refractivity contribution in [1.82, 2.24) is 14.7 Å². The van der Waals surface area contributed by atoms with Crippen LogP contribution in [0, 0.1) is 5.41 Å². The average molecular weight is 475 g/mol. The van der Waals surface area contributed by atoms with Gasteiger partial charge in [-0.15, -0.1) is 0 Å². The van der Waals surface area contributed by atoms with E-state index in [-0.39, 0.29) is 66.8 Å². The maximum atomic E-state index is 13.8. The van der Waals surface area contributed by atoms with Gasteiger partial charge in [0.05, 0.1) is 0 Å². The summed E-state index contributed by atoms with van der Waals surface area (Å²) in [5.74, 6) is -0.944. The summed E-state index contributed by atoms with van der Waals surface area (Å²) in [5.41, 5.74) is 0.239. The van der Waals surface area contributed by atoms with E-state index in [9.17, 15) is 27.9 Å². The van der Waals surface area contributed by atoms with Crippen LogP contribution in [-0.4, -0.2) is 90.5 Å². The standard InChI is InChI=1S/C20H27N3O7S.Na/c1-12-13(15(24)21-7-9-22(10-8-21)18(26)27)23-16(25)14(30-2)17(23)31(28,29)20(12)11-19(20)5-3-4-6-19;/h14,17H,3-11H2,1-2H3,(H,26,27);/q;+1/p-1/t14-,17+,20?;/m0./s1. The minimum atomic E-state index is -3.79. The summed E-state index contributed by atoms with van der Waals surface area (Å²) in [5, 5.41) is 9.89. The molecule has 32 heavy (non-hydrogen) atoms. The Labute approximate surface area is 209 Å². The van der Waals surface area contributed by atoms with Gasteiger partial charge in [0.2, 0.25) is 0 Å². The van der Waals surface area contributed by atoms with Gasteiger partial charge in [0.1, 0.15) is 16.5 Å². The molecule has 0 radical (unpaired) electrons. The third-order valence-electron chi connectivity index (χ3n) is 8.16. The number of methoxy groups -OCH3 is 1. The topological polar surface area (TPSA) is 127 Å². The van der Waals surface area contributed by atoms with Gasteiger partial charge >= 0.3 is 29.6 Å². The number of nitrogens with zero attached hydrogens (tertiary/aromatic N) is 3. The van der Waals surface area contributed by atoms with Gasteiger partial charge in [-0.1, -0.05) is 12.8 Å². The third kappa shape index (κ3) is 2.77. The fourth-order valence-corrected chi connectivity index (χ4v) is 9.75. The van der Waals surface area contributed by atoms with Crippen LogP contribution in [0.4, 0.5) is 4.79 Å². The molecule has 5 aliphatic rings. The van der Waals surface area contributed by atoms with Gasteiger partial charge in [0.25, 0.3) is 11.8 Å². The number of hydrogen-bond acceptors (Lipinski definition) is 7. The summed E-state index contributed by atoms with van der Waals surface area (Å²) in [6.07, 6.45) is 1.61. The summed E-state index contributed by atoms with van der Waals surface area (Å²) < 4.78 is 31.7. The van der Waals surface area contributed by atoms with E-state index in [0.29, 0.717) is 12.0 Å². The summed E-state index contributed by atoms with van der Waals surface area (Å²) in [7, 11) is -2.47. The number of β-lactam (4-membered cyclic amide) rings is 1. The van der Waals surface area contributed by atoms with Crippen LogP contribution in [0.1, 0.15) is 39.0 Å². The number of carbonyl (C=O) groups is 3. The molecule has 170 valence electrons. The Hall–Kier alpha value is -1.14. The quantitative estimate of drug-likeness (QED) is 0.295. The van der Waals surface area contributed by atoms with E-state index in [1.807, 2.05) is 0 Å². The van der Waals surface area contributed by atoms with Gasteiger partial charge in [-0.2, -0.15) is 0 Å². The minimum absolute atomic E-state index is 0. The summed E-state index contributed by atoms with van der Waals surface area (Å²) in [4.78, 5) is 41.2. The van der Waals surface area contributed by atoms with E-state index in [0.717, 1.165) is 35.5 Å². The number of fused-ring (bicyclic) bond motifs is 2. The molecule has 0 aromatic rings. The van der Waals surface area contributed by atoms with Crippen LogP contribution < -0.4 is 34.7 Å². The molecule has 0 N–H and O–H groups in total. The molecule has 3 aliphatic heterocycles. The Bertz CT molecular complexity index is 1010. The smallest absolute Gasteiger partial charge is 0.530 e. The zero-order valence-electron chi connectivity index (χ0n) is 18.6. The van der Waals surface area contributed by atoms with Crippen molar-refractivity contribution in [1.29, 1.82) is 0 Å². The molecular weight excluding hydrogens is 449 g/mol. The van der Waals surface area contributed by atoms with Crippen LogP contribution in [0.25, 0.3) is 0 Å². The van der Waals surface area contributed by atoms with Gasteiger partial charge in [0, 0.05) is 33.3 Å². The van der Waals surface area contributed by atoms with Crippen LogP contribution in [0.3, 0.4) is 0 Å². The number of amides is 3. The van der Waals surface area contributed by atoms with Gasteiger partial charge in [-0.05, 0) is 37.2 Å². The van der Waals surface area contributed by atoms with Crippen LogP contribution in [0.15, 0.2) is 11.3 Å². The van der Waals surface area contributed by atoms with E-state index >= 15 is 0 Å². The number of rotatable bonds is 2. The number of hydrogen-bond donors (Lipinski definition) is 0. The zero-order valence-corrected chi connectivity index (χ0v) is 21.4. The Morgan fingerprint density at radius 3 is 2.19 bits per heavy atom. The Morgan fingerprint density at radius 1 is 1.09 bits per heavy atom. The number of carbonyl (C=O) groups excluding carboxylic acids is 3. The first-order chi connectivity index (χ1) is 14.6. The van der Waals surface area contributed by atoms with E-state index in [2.05, 4.69) is 0 Å². The first kappa shape index (κ1) is 24.0. The third-order valence-corrected chi connectivity index (χ3v) is 11.1. The number of piperazine rings is 1. The molecular formula is C20H26N3NaO7S. The van der Waals surface area contributed by atoms with Crippen molar-refractivity contribution in [3.05, 3.63) is 11.3 Å². The predicted octanol–water partition coefficient (Wildman–Crippen LogP) is -3.93. The second-order valence-electron chi connectivity index (χ2n) is 9.31. The fraction of sp³-hybridized carbons (Fsp3) is 0.750. The molecule has 5 rings (SSSR count).